The van der Waals surface area contributed by atoms with E-state index in [4.69, 9.17) is 4.74 Å². The second-order valence-electron chi connectivity index (χ2n) is 6.71. The van der Waals surface area contributed by atoms with Crippen molar-refractivity contribution in [2.24, 2.45) is 0 Å². The van der Waals surface area contributed by atoms with Crippen molar-refractivity contribution in [3.05, 3.63) is 78.0 Å². The average molecular weight is 385 g/mol. The number of nitrogens with zero attached hydrogens (tertiary/aromatic N) is 1. The topological polar surface area (TPSA) is 63.7 Å². The summed E-state index contributed by atoms with van der Waals surface area (Å²) in [5, 5.41) is -1.20. The molecule has 1 heterocycles. The molecule has 142 valence electrons. The van der Waals surface area contributed by atoms with Crippen LogP contribution in [0.2, 0.25) is 0 Å². The van der Waals surface area contributed by atoms with E-state index >= 15 is 0 Å². The number of aryl methyl sites for hydroxylation is 1. The highest BCUT2D eigenvalue weighted by Gasteiger charge is 2.44. The van der Waals surface area contributed by atoms with Crippen LogP contribution in [0.3, 0.4) is 0 Å². The fourth-order valence-corrected chi connectivity index (χ4v) is 4.91. The van der Waals surface area contributed by atoms with Gasteiger partial charge in [0.05, 0.1) is 17.5 Å². The standard InChI is InChI=1S/C21H23NO4S/c1-15-9-11-18(12-10-15)27(24,25)20-13-19(26-3)16(2)22(21(20)23)14-17-7-5-4-6-8-17/h4-12,19-20H,2,13-14H2,1,3H3. The predicted molar refractivity (Wildman–Crippen MR) is 104 cm³/mol. The molecular formula is C21H23NO4S. The molecule has 27 heavy (non-hydrogen) atoms. The molecule has 1 amide bonds. The molecule has 1 saturated heterocycles. The molecule has 0 bridgehead atoms. The van der Waals surface area contributed by atoms with Crippen molar-refractivity contribution in [3.8, 4) is 0 Å². The third-order valence-electron chi connectivity index (χ3n) is 4.88. The van der Waals surface area contributed by atoms with Crippen LogP contribution in [-0.2, 0) is 25.9 Å². The van der Waals surface area contributed by atoms with E-state index in [1.807, 2.05) is 37.3 Å². The number of rotatable bonds is 5. The number of benzene rings is 2. The lowest BCUT2D eigenvalue weighted by atomic mass is 10.0. The van der Waals surface area contributed by atoms with Crippen LogP contribution in [-0.4, -0.2) is 37.7 Å². The Morgan fingerprint density at radius 1 is 1.11 bits per heavy atom. The van der Waals surface area contributed by atoms with Crippen LogP contribution in [0, 0.1) is 6.92 Å². The number of ether oxygens (including phenoxy) is 1. The molecule has 6 heteroatoms. The van der Waals surface area contributed by atoms with Crippen LogP contribution >= 0.6 is 0 Å². The lowest BCUT2D eigenvalue weighted by Gasteiger charge is -2.38. The Hall–Kier alpha value is -2.44. The molecule has 0 N–H and O–H groups in total. The van der Waals surface area contributed by atoms with Crippen molar-refractivity contribution < 1.29 is 17.9 Å². The molecule has 1 aliphatic heterocycles. The normalized spacial score (nSPS) is 20.7. The number of carbonyl (C=O) groups excluding carboxylic acids is 1. The smallest absolute Gasteiger partial charge is 0.245 e. The first-order valence-electron chi connectivity index (χ1n) is 8.72. The third kappa shape index (κ3) is 3.82. The Bertz CT molecular complexity index is 936. The van der Waals surface area contributed by atoms with Crippen molar-refractivity contribution in [2.45, 2.75) is 36.1 Å². The lowest BCUT2D eigenvalue weighted by molar-refractivity contribution is -0.133. The second-order valence-corrected chi connectivity index (χ2v) is 8.84. The molecule has 2 aromatic rings. The molecule has 2 atom stereocenters. The maximum atomic E-state index is 13.1. The first-order chi connectivity index (χ1) is 12.8. The van der Waals surface area contributed by atoms with Gasteiger partial charge in [0.1, 0.15) is 5.25 Å². The van der Waals surface area contributed by atoms with Gasteiger partial charge in [-0.15, -0.1) is 0 Å². The van der Waals surface area contributed by atoms with Gasteiger partial charge >= 0.3 is 0 Å². The van der Waals surface area contributed by atoms with E-state index < -0.39 is 27.1 Å². The molecule has 0 saturated carbocycles. The van der Waals surface area contributed by atoms with E-state index in [1.165, 1.54) is 12.0 Å². The van der Waals surface area contributed by atoms with Gasteiger partial charge in [0.25, 0.3) is 0 Å². The van der Waals surface area contributed by atoms with E-state index in [1.54, 1.807) is 24.3 Å². The van der Waals surface area contributed by atoms with Gasteiger partial charge in [0.15, 0.2) is 9.84 Å². The molecular weight excluding hydrogens is 362 g/mol. The van der Waals surface area contributed by atoms with Gasteiger partial charge < -0.3 is 9.64 Å². The third-order valence-corrected chi connectivity index (χ3v) is 6.95. The van der Waals surface area contributed by atoms with Crippen molar-refractivity contribution in [3.63, 3.8) is 0 Å². The predicted octanol–water partition coefficient (Wildman–Crippen LogP) is 3.10. The fourth-order valence-electron chi connectivity index (χ4n) is 3.25. The second kappa shape index (κ2) is 7.66. The van der Waals surface area contributed by atoms with Gasteiger partial charge in [-0.05, 0) is 24.6 Å². The average Bonchev–Trinajstić information content (AvgIpc) is 2.66. The molecule has 1 fully saturated rings. The van der Waals surface area contributed by atoms with Crippen molar-refractivity contribution >= 4 is 15.7 Å². The highest BCUT2D eigenvalue weighted by atomic mass is 32.2. The number of amides is 1. The first kappa shape index (κ1) is 19.3. The molecule has 1 aliphatic rings. The summed E-state index contributed by atoms with van der Waals surface area (Å²) in [5.74, 6) is -0.460. The summed E-state index contributed by atoms with van der Waals surface area (Å²) in [6, 6.07) is 16.0. The van der Waals surface area contributed by atoms with Gasteiger partial charge in [-0.25, -0.2) is 8.42 Å². The van der Waals surface area contributed by atoms with Crippen molar-refractivity contribution in [1.82, 2.24) is 4.90 Å². The van der Waals surface area contributed by atoms with E-state index in [9.17, 15) is 13.2 Å². The molecule has 3 rings (SSSR count). The zero-order valence-corrected chi connectivity index (χ0v) is 16.3. The number of sulfone groups is 1. The van der Waals surface area contributed by atoms with Crippen molar-refractivity contribution in [2.75, 3.05) is 7.11 Å². The summed E-state index contributed by atoms with van der Waals surface area (Å²) in [7, 11) is -2.33. The summed E-state index contributed by atoms with van der Waals surface area (Å²) in [6.45, 7) is 6.13. The van der Waals surface area contributed by atoms with Crippen molar-refractivity contribution in [1.29, 1.82) is 0 Å². The van der Waals surface area contributed by atoms with Gasteiger partial charge in [-0.3, -0.25) is 4.79 Å². The van der Waals surface area contributed by atoms with E-state index in [0.717, 1.165) is 11.1 Å². The van der Waals surface area contributed by atoms with E-state index in [-0.39, 0.29) is 17.9 Å². The minimum atomic E-state index is -3.83. The first-order valence-corrected chi connectivity index (χ1v) is 10.3. The Morgan fingerprint density at radius 2 is 1.74 bits per heavy atom. The summed E-state index contributed by atoms with van der Waals surface area (Å²) < 4.78 is 31.7. The Labute approximate surface area is 160 Å². The van der Waals surface area contributed by atoms with Gasteiger partial charge in [0, 0.05) is 19.2 Å². The number of carbonyl (C=O) groups is 1. The maximum absolute atomic E-state index is 13.1. The fraction of sp³-hybridized carbons (Fsp3) is 0.286. The highest BCUT2D eigenvalue weighted by Crippen LogP contribution is 2.32. The van der Waals surface area contributed by atoms with Crippen LogP contribution < -0.4 is 0 Å². The number of likely N-dealkylation sites (tertiary alicyclic amines) is 1. The molecule has 2 unspecified atom stereocenters. The largest absolute Gasteiger partial charge is 0.375 e. The van der Waals surface area contributed by atoms with Crippen LogP contribution in [0.25, 0.3) is 0 Å². The molecule has 0 aliphatic carbocycles. The molecule has 0 aromatic heterocycles. The minimum absolute atomic E-state index is 0.0651. The zero-order valence-electron chi connectivity index (χ0n) is 15.5. The monoisotopic (exact) mass is 385 g/mol. The lowest BCUT2D eigenvalue weighted by Crippen LogP contribution is -2.51. The summed E-state index contributed by atoms with van der Waals surface area (Å²) in [4.78, 5) is 14.7. The Morgan fingerprint density at radius 3 is 2.33 bits per heavy atom. The summed E-state index contributed by atoms with van der Waals surface area (Å²) in [6.07, 6.45) is -0.466. The van der Waals surface area contributed by atoms with E-state index in [0.29, 0.717) is 5.70 Å². The van der Waals surface area contributed by atoms with Crippen LogP contribution in [0.4, 0.5) is 0 Å². The minimum Gasteiger partial charge on any atom is -0.375 e. The maximum Gasteiger partial charge on any atom is 0.245 e. The zero-order chi connectivity index (χ0) is 19.6. The molecule has 5 nitrogen and oxygen atoms in total. The summed E-state index contributed by atoms with van der Waals surface area (Å²) in [5.41, 5.74) is 2.34. The number of piperidine rings is 1. The van der Waals surface area contributed by atoms with Crippen LogP contribution in [0.5, 0.6) is 0 Å². The van der Waals surface area contributed by atoms with E-state index in [2.05, 4.69) is 6.58 Å². The SMILES string of the molecule is C=C1C(OC)CC(S(=O)(=O)c2ccc(C)cc2)C(=O)N1Cc1ccccc1. The highest BCUT2D eigenvalue weighted by molar-refractivity contribution is 7.92. The molecule has 0 spiro atoms. The summed E-state index contributed by atoms with van der Waals surface area (Å²) >= 11 is 0. The van der Waals surface area contributed by atoms with Gasteiger partial charge in [-0.1, -0.05) is 54.6 Å². The van der Waals surface area contributed by atoms with Gasteiger partial charge in [-0.2, -0.15) is 0 Å². The number of methoxy groups -OCH3 is 1. The van der Waals surface area contributed by atoms with Crippen LogP contribution in [0.15, 0.2) is 71.8 Å². The number of hydrogen-bond donors (Lipinski definition) is 0. The van der Waals surface area contributed by atoms with Gasteiger partial charge in [0.2, 0.25) is 5.91 Å². The molecule has 2 aromatic carbocycles. The Kier molecular flexibility index (Phi) is 5.48. The quantitative estimate of drug-likeness (QED) is 0.793. The number of hydrogen-bond acceptors (Lipinski definition) is 4. The Balaban J connectivity index is 1.96. The van der Waals surface area contributed by atoms with Crippen LogP contribution in [0.1, 0.15) is 17.5 Å². The molecule has 0 radical (unpaired) electrons.